The molecular weight excluding hydrogens is 587 g/mol. The summed E-state index contributed by atoms with van der Waals surface area (Å²) in [4.78, 5) is 15.0. The molecule has 0 aliphatic carbocycles. The van der Waals surface area contributed by atoms with Crippen LogP contribution in [0.1, 0.15) is 72.9 Å². The Hall–Kier alpha value is -3.82. The predicted octanol–water partition coefficient (Wildman–Crippen LogP) is 8.28. The Kier molecular flexibility index (Phi) is 10.3. The van der Waals surface area contributed by atoms with Crippen LogP contribution in [-0.4, -0.2) is 49.7 Å². The molecule has 0 bridgehead atoms. The number of methoxy groups -OCH3 is 1. The number of halogens is 1. The average Bonchev–Trinajstić information content (AvgIpc) is 2.98. The van der Waals surface area contributed by atoms with Gasteiger partial charge in [0.25, 0.3) is 5.91 Å². The minimum absolute atomic E-state index is 0.0808. The van der Waals surface area contributed by atoms with Gasteiger partial charge in [-0.3, -0.25) is 4.79 Å². The highest BCUT2D eigenvalue weighted by Gasteiger charge is 2.41. The molecule has 0 saturated carbocycles. The molecule has 9 heteroatoms. The number of carbonyl (C=O) groups is 1. The monoisotopic (exact) mass is 636 g/mol. The van der Waals surface area contributed by atoms with E-state index >= 15 is 0 Å². The first-order valence-electron chi connectivity index (χ1n) is 15.9. The van der Waals surface area contributed by atoms with E-state index in [9.17, 15) is 9.18 Å². The fraction of sp³-hybridized carbons (Fsp3) is 0.486. The van der Waals surface area contributed by atoms with E-state index in [-0.39, 0.29) is 30.0 Å². The van der Waals surface area contributed by atoms with Gasteiger partial charge >= 0.3 is 0 Å². The number of nitrogens with zero attached hydrogens (tertiary/aromatic N) is 1. The number of likely N-dealkylation sites (N-methyl/N-ethyl adjacent to an activating group) is 1. The fourth-order valence-electron chi connectivity index (χ4n) is 6.30. The van der Waals surface area contributed by atoms with Crippen molar-refractivity contribution in [2.45, 2.75) is 98.4 Å². The first-order chi connectivity index (χ1) is 21.6. The van der Waals surface area contributed by atoms with Crippen LogP contribution in [0.25, 0.3) is 11.1 Å². The topological polar surface area (TPSA) is 78.5 Å². The summed E-state index contributed by atoms with van der Waals surface area (Å²) >= 11 is 0. The lowest BCUT2D eigenvalue weighted by Gasteiger charge is -2.45. The molecule has 1 fully saturated rings. The maximum atomic E-state index is 14.1. The van der Waals surface area contributed by atoms with E-state index in [1.54, 1.807) is 25.1 Å². The summed E-state index contributed by atoms with van der Waals surface area (Å²) in [5.74, 6) is 0.500. The largest absolute Gasteiger partial charge is 0.496 e. The van der Waals surface area contributed by atoms with Crippen LogP contribution in [0.5, 0.6) is 17.2 Å². The zero-order valence-corrected chi connectivity index (χ0v) is 29.1. The van der Waals surface area contributed by atoms with E-state index in [0.717, 1.165) is 27.9 Å². The third-order valence-corrected chi connectivity index (χ3v) is 8.02. The zero-order chi connectivity index (χ0) is 34.0. The van der Waals surface area contributed by atoms with Crippen LogP contribution in [0.2, 0.25) is 0 Å². The Bertz CT molecular complexity index is 1550. The van der Waals surface area contributed by atoms with E-state index in [4.69, 9.17) is 23.7 Å². The van der Waals surface area contributed by atoms with Crippen LogP contribution in [0.15, 0.2) is 48.5 Å². The number of benzene rings is 3. The second kappa shape index (κ2) is 13.5. The van der Waals surface area contributed by atoms with Gasteiger partial charge in [0.15, 0.2) is 5.79 Å². The molecular formula is C37H49FN2O6. The van der Waals surface area contributed by atoms with Gasteiger partial charge in [-0.15, -0.1) is 0 Å². The molecule has 2 heterocycles. The molecule has 1 N–H and O–H groups in total. The summed E-state index contributed by atoms with van der Waals surface area (Å²) in [5, 5.41) is 3.37. The summed E-state index contributed by atoms with van der Waals surface area (Å²) in [7, 11) is 3.37. The molecule has 1 unspecified atom stereocenters. The smallest absolute Gasteiger partial charge is 0.251 e. The standard InChI is InChI=1S/C35H43FN2O6.C2H6/c1-21-10-11-22(36)16-29(21)42-20-27-25(14-15-28-31(27)38(8)32(39)34(4,5)37-28)26-13-12-23(17-30(26)40-9)41-19-24-18-33(2,3)44-35(6,7)43-24;1-2/h10-17,24,37H,18-20H2,1-9H3;1-2H3. The summed E-state index contributed by atoms with van der Waals surface area (Å²) < 4.78 is 44.5. The second-order valence-electron chi connectivity index (χ2n) is 13.2. The molecule has 1 saturated heterocycles. The van der Waals surface area contributed by atoms with E-state index < -0.39 is 11.3 Å². The van der Waals surface area contributed by atoms with E-state index in [0.29, 0.717) is 36.0 Å². The highest BCUT2D eigenvalue weighted by Crippen LogP contribution is 2.45. The van der Waals surface area contributed by atoms with Crippen molar-refractivity contribution in [1.29, 1.82) is 0 Å². The van der Waals surface area contributed by atoms with Gasteiger partial charge in [0, 0.05) is 36.7 Å². The minimum Gasteiger partial charge on any atom is -0.496 e. The minimum atomic E-state index is -0.782. The molecule has 3 aromatic rings. The lowest BCUT2D eigenvalue weighted by molar-refractivity contribution is -0.327. The SMILES string of the molecule is CC.COc1cc(OCC2CC(C)(C)OC(C)(C)O2)ccc1-c1ccc2c(c1COc1cc(F)ccc1C)N(C)C(=O)C(C)(C)N2. The Balaban J connectivity index is 0.00000235. The lowest BCUT2D eigenvalue weighted by atomic mass is 9.91. The quantitative estimate of drug-likeness (QED) is 0.267. The second-order valence-corrected chi connectivity index (χ2v) is 13.2. The molecule has 2 aliphatic heterocycles. The number of nitrogens with one attached hydrogen (secondary N) is 1. The van der Waals surface area contributed by atoms with Gasteiger partial charge in [0.05, 0.1) is 30.2 Å². The molecule has 0 aromatic heterocycles. The van der Waals surface area contributed by atoms with Gasteiger partial charge in [-0.2, -0.15) is 0 Å². The Morgan fingerprint density at radius 3 is 2.33 bits per heavy atom. The van der Waals surface area contributed by atoms with Gasteiger partial charge < -0.3 is 33.9 Å². The number of amides is 1. The number of hydrogen-bond donors (Lipinski definition) is 1. The maximum absolute atomic E-state index is 14.1. The van der Waals surface area contributed by atoms with Gasteiger partial charge in [-0.25, -0.2) is 4.39 Å². The summed E-state index contributed by atoms with van der Waals surface area (Å²) in [6.07, 6.45) is 0.561. The van der Waals surface area contributed by atoms with Crippen molar-refractivity contribution in [3.63, 3.8) is 0 Å². The van der Waals surface area contributed by atoms with Gasteiger partial charge in [0.2, 0.25) is 0 Å². The molecule has 1 amide bonds. The molecule has 46 heavy (non-hydrogen) atoms. The highest BCUT2D eigenvalue weighted by molar-refractivity contribution is 6.08. The van der Waals surface area contributed by atoms with Crippen molar-refractivity contribution in [2.75, 3.05) is 31.0 Å². The fourth-order valence-corrected chi connectivity index (χ4v) is 6.30. The van der Waals surface area contributed by atoms with Crippen molar-refractivity contribution < 1.29 is 32.9 Å². The maximum Gasteiger partial charge on any atom is 0.251 e. The first-order valence-corrected chi connectivity index (χ1v) is 15.9. The predicted molar refractivity (Wildman–Crippen MR) is 181 cm³/mol. The van der Waals surface area contributed by atoms with Gasteiger partial charge in [-0.05, 0) is 83.9 Å². The van der Waals surface area contributed by atoms with E-state index in [1.165, 1.54) is 12.1 Å². The van der Waals surface area contributed by atoms with Crippen LogP contribution in [0.3, 0.4) is 0 Å². The Morgan fingerprint density at radius 2 is 1.65 bits per heavy atom. The van der Waals surface area contributed by atoms with Crippen molar-refractivity contribution in [3.05, 3.63) is 65.5 Å². The lowest BCUT2D eigenvalue weighted by Crippen LogP contribution is -2.52. The van der Waals surface area contributed by atoms with Crippen molar-refractivity contribution in [3.8, 4) is 28.4 Å². The van der Waals surface area contributed by atoms with Crippen molar-refractivity contribution in [2.24, 2.45) is 0 Å². The molecule has 0 spiro atoms. The summed E-state index contributed by atoms with van der Waals surface area (Å²) in [6.45, 7) is 18.0. The number of carbonyl (C=O) groups excluding carboxylic acids is 1. The molecule has 2 aliphatic rings. The summed E-state index contributed by atoms with van der Waals surface area (Å²) in [6, 6.07) is 14.1. The first kappa shape index (κ1) is 35.0. The molecule has 8 nitrogen and oxygen atoms in total. The number of fused-ring (bicyclic) bond motifs is 1. The number of anilines is 2. The van der Waals surface area contributed by atoms with Crippen LogP contribution in [0.4, 0.5) is 15.8 Å². The normalized spacial score (nSPS) is 19.3. The Morgan fingerprint density at radius 1 is 0.957 bits per heavy atom. The van der Waals surface area contributed by atoms with Crippen molar-refractivity contribution in [1.82, 2.24) is 0 Å². The number of rotatable bonds is 8. The molecule has 1 atom stereocenters. The van der Waals surface area contributed by atoms with E-state index in [1.807, 2.05) is 78.8 Å². The third kappa shape index (κ3) is 7.58. The van der Waals surface area contributed by atoms with Crippen LogP contribution >= 0.6 is 0 Å². The van der Waals surface area contributed by atoms with Crippen molar-refractivity contribution >= 4 is 17.3 Å². The van der Waals surface area contributed by atoms with Gasteiger partial charge in [-0.1, -0.05) is 26.0 Å². The van der Waals surface area contributed by atoms with Crippen LogP contribution in [-0.2, 0) is 20.9 Å². The molecule has 5 rings (SSSR count). The molecule has 250 valence electrons. The average molecular weight is 637 g/mol. The summed E-state index contributed by atoms with van der Waals surface area (Å²) in [5.41, 5.74) is 3.58. The van der Waals surface area contributed by atoms with Gasteiger partial charge in [0.1, 0.15) is 41.8 Å². The van der Waals surface area contributed by atoms with E-state index in [2.05, 4.69) is 19.2 Å². The van der Waals surface area contributed by atoms with Crippen LogP contribution in [0, 0.1) is 12.7 Å². The number of hydrogen-bond acceptors (Lipinski definition) is 7. The Labute approximate surface area is 273 Å². The zero-order valence-electron chi connectivity index (χ0n) is 29.1. The highest BCUT2D eigenvalue weighted by atomic mass is 19.1. The number of aryl methyl sites for hydroxylation is 1. The number of ether oxygens (including phenoxy) is 5. The van der Waals surface area contributed by atoms with Crippen LogP contribution < -0.4 is 24.4 Å². The third-order valence-electron chi connectivity index (χ3n) is 8.02. The molecule has 0 radical (unpaired) electrons. The molecule has 3 aromatic carbocycles.